The van der Waals surface area contributed by atoms with E-state index in [4.69, 9.17) is 21.4 Å². The molecule has 0 aliphatic rings. The number of rotatable bonds is 4. The number of para-hydroxylation sites is 1. The van der Waals surface area contributed by atoms with Crippen LogP contribution < -0.4 is 4.74 Å². The number of pyridine rings is 1. The third-order valence-corrected chi connectivity index (χ3v) is 2.59. The van der Waals surface area contributed by atoms with Gasteiger partial charge in [0.1, 0.15) is 16.5 Å². The van der Waals surface area contributed by atoms with Crippen molar-refractivity contribution in [3.63, 3.8) is 0 Å². The van der Waals surface area contributed by atoms with Crippen molar-refractivity contribution in [3.8, 4) is 11.5 Å². The molecule has 0 spiro atoms. The molecule has 1 heterocycles. The normalized spacial score (nSPS) is 10.2. The summed E-state index contributed by atoms with van der Waals surface area (Å²) in [5.41, 5.74) is 0.947. The molecule has 0 bridgehead atoms. The van der Waals surface area contributed by atoms with Crippen LogP contribution >= 0.6 is 11.6 Å². The lowest BCUT2D eigenvalue weighted by Gasteiger charge is -2.10. The van der Waals surface area contributed by atoms with Gasteiger partial charge >= 0.3 is 0 Å². The summed E-state index contributed by atoms with van der Waals surface area (Å²) in [6.07, 6.45) is 3.71. The van der Waals surface area contributed by atoms with Crippen molar-refractivity contribution in [3.05, 3.63) is 53.3 Å². The SMILES string of the molecule is OCCc1ccccc1Oc1ccncc1Cl. The molecule has 0 atom stereocenters. The maximum atomic E-state index is 8.97. The van der Waals surface area contributed by atoms with Crippen LogP contribution in [-0.2, 0) is 6.42 Å². The van der Waals surface area contributed by atoms with Crippen molar-refractivity contribution < 1.29 is 9.84 Å². The Kier molecular flexibility index (Phi) is 3.96. The van der Waals surface area contributed by atoms with Crippen molar-refractivity contribution in [2.24, 2.45) is 0 Å². The van der Waals surface area contributed by atoms with Crippen LogP contribution in [0.2, 0.25) is 5.02 Å². The van der Waals surface area contributed by atoms with Gasteiger partial charge in [-0.25, -0.2) is 0 Å². The molecular weight excluding hydrogens is 238 g/mol. The van der Waals surface area contributed by atoms with Crippen LogP contribution in [0.5, 0.6) is 11.5 Å². The largest absolute Gasteiger partial charge is 0.455 e. The second-order valence-corrected chi connectivity index (χ2v) is 3.90. The van der Waals surface area contributed by atoms with Gasteiger partial charge in [-0.2, -0.15) is 0 Å². The minimum Gasteiger partial charge on any atom is -0.455 e. The lowest BCUT2D eigenvalue weighted by molar-refractivity contribution is 0.298. The number of aromatic nitrogens is 1. The summed E-state index contributed by atoms with van der Waals surface area (Å²) in [4.78, 5) is 3.89. The third-order valence-electron chi connectivity index (χ3n) is 2.31. The van der Waals surface area contributed by atoms with Crippen LogP contribution in [0.15, 0.2) is 42.7 Å². The predicted octanol–water partition coefficient (Wildman–Crippen LogP) is 3.06. The quantitative estimate of drug-likeness (QED) is 0.906. The molecule has 0 unspecified atom stereocenters. The van der Waals surface area contributed by atoms with Crippen molar-refractivity contribution in [2.45, 2.75) is 6.42 Å². The van der Waals surface area contributed by atoms with Gasteiger partial charge in [-0.15, -0.1) is 0 Å². The van der Waals surface area contributed by atoms with Crippen LogP contribution in [-0.4, -0.2) is 16.7 Å². The molecule has 1 aromatic carbocycles. The topological polar surface area (TPSA) is 42.4 Å². The summed E-state index contributed by atoms with van der Waals surface area (Å²) in [6, 6.07) is 9.26. The Morgan fingerprint density at radius 1 is 1.18 bits per heavy atom. The van der Waals surface area contributed by atoms with Gasteiger partial charge in [-0.3, -0.25) is 4.98 Å². The molecule has 2 aromatic rings. The average molecular weight is 250 g/mol. The first kappa shape index (κ1) is 11.9. The Balaban J connectivity index is 2.27. The van der Waals surface area contributed by atoms with Crippen molar-refractivity contribution in [2.75, 3.05) is 6.61 Å². The average Bonchev–Trinajstić information content (AvgIpc) is 2.35. The highest BCUT2D eigenvalue weighted by Gasteiger charge is 2.06. The maximum Gasteiger partial charge on any atom is 0.149 e. The van der Waals surface area contributed by atoms with Crippen LogP contribution in [0, 0.1) is 0 Å². The minimum atomic E-state index is 0.0877. The molecular formula is C13H12ClNO2. The summed E-state index contributed by atoms with van der Waals surface area (Å²) >= 11 is 5.97. The maximum absolute atomic E-state index is 8.97. The fraction of sp³-hybridized carbons (Fsp3) is 0.154. The predicted molar refractivity (Wildman–Crippen MR) is 66.6 cm³/mol. The zero-order valence-corrected chi connectivity index (χ0v) is 9.89. The molecule has 0 amide bonds. The van der Waals surface area contributed by atoms with E-state index in [2.05, 4.69) is 4.98 Å². The molecule has 0 saturated carbocycles. The number of hydrogen-bond acceptors (Lipinski definition) is 3. The highest BCUT2D eigenvalue weighted by molar-refractivity contribution is 6.31. The first-order chi connectivity index (χ1) is 8.31. The van der Waals surface area contributed by atoms with E-state index in [1.54, 1.807) is 12.3 Å². The molecule has 88 valence electrons. The van der Waals surface area contributed by atoms with Gasteiger partial charge in [0, 0.05) is 25.1 Å². The number of nitrogens with zero attached hydrogens (tertiary/aromatic N) is 1. The molecule has 0 aliphatic carbocycles. The van der Waals surface area contributed by atoms with Gasteiger partial charge in [0.25, 0.3) is 0 Å². The summed E-state index contributed by atoms with van der Waals surface area (Å²) < 4.78 is 5.71. The number of benzene rings is 1. The van der Waals surface area contributed by atoms with E-state index in [0.29, 0.717) is 22.9 Å². The van der Waals surface area contributed by atoms with E-state index < -0.39 is 0 Å². The van der Waals surface area contributed by atoms with E-state index >= 15 is 0 Å². The van der Waals surface area contributed by atoms with Crippen molar-refractivity contribution in [1.82, 2.24) is 4.98 Å². The molecule has 1 N–H and O–H groups in total. The molecule has 0 saturated heterocycles. The zero-order chi connectivity index (χ0) is 12.1. The Bertz CT molecular complexity index is 502. The van der Waals surface area contributed by atoms with E-state index in [9.17, 15) is 0 Å². The first-order valence-electron chi connectivity index (χ1n) is 5.27. The molecule has 2 rings (SSSR count). The Hall–Kier alpha value is -1.58. The fourth-order valence-electron chi connectivity index (χ4n) is 1.49. The molecule has 1 aromatic heterocycles. The number of ether oxygens (including phenoxy) is 1. The highest BCUT2D eigenvalue weighted by atomic mass is 35.5. The van der Waals surface area contributed by atoms with Crippen LogP contribution in [0.3, 0.4) is 0 Å². The molecule has 17 heavy (non-hydrogen) atoms. The minimum absolute atomic E-state index is 0.0877. The first-order valence-corrected chi connectivity index (χ1v) is 5.65. The number of aliphatic hydroxyl groups excluding tert-OH is 1. The monoisotopic (exact) mass is 249 g/mol. The van der Waals surface area contributed by atoms with E-state index in [0.717, 1.165) is 5.56 Å². The van der Waals surface area contributed by atoms with E-state index in [1.807, 2.05) is 24.3 Å². The van der Waals surface area contributed by atoms with Gasteiger partial charge in [-0.05, 0) is 18.1 Å². The van der Waals surface area contributed by atoms with Gasteiger partial charge in [-0.1, -0.05) is 29.8 Å². The number of aliphatic hydroxyl groups is 1. The number of halogens is 1. The summed E-state index contributed by atoms with van der Waals surface area (Å²) in [5.74, 6) is 1.27. The summed E-state index contributed by atoms with van der Waals surface area (Å²) in [7, 11) is 0. The van der Waals surface area contributed by atoms with Crippen LogP contribution in [0.25, 0.3) is 0 Å². The Morgan fingerprint density at radius 2 is 2.00 bits per heavy atom. The van der Waals surface area contributed by atoms with Gasteiger partial charge in [0.15, 0.2) is 0 Å². The number of hydrogen-bond donors (Lipinski definition) is 1. The van der Waals surface area contributed by atoms with Gasteiger partial charge < -0.3 is 9.84 Å². The van der Waals surface area contributed by atoms with Crippen LogP contribution in [0.4, 0.5) is 0 Å². The Labute approximate surface area is 105 Å². The van der Waals surface area contributed by atoms with E-state index in [1.165, 1.54) is 6.20 Å². The lowest BCUT2D eigenvalue weighted by Crippen LogP contribution is -1.95. The molecule has 0 aliphatic heterocycles. The van der Waals surface area contributed by atoms with E-state index in [-0.39, 0.29) is 6.61 Å². The summed E-state index contributed by atoms with van der Waals surface area (Å²) in [6.45, 7) is 0.0877. The standard InChI is InChI=1S/C13H12ClNO2/c14-11-9-15-7-5-13(11)17-12-4-2-1-3-10(12)6-8-16/h1-5,7,9,16H,6,8H2. The van der Waals surface area contributed by atoms with Crippen molar-refractivity contribution in [1.29, 1.82) is 0 Å². The fourth-order valence-corrected chi connectivity index (χ4v) is 1.65. The smallest absolute Gasteiger partial charge is 0.149 e. The summed E-state index contributed by atoms with van der Waals surface area (Å²) in [5, 5.41) is 9.44. The molecule has 4 heteroatoms. The van der Waals surface area contributed by atoms with Crippen molar-refractivity contribution >= 4 is 11.6 Å². The molecule has 0 radical (unpaired) electrons. The lowest BCUT2D eigenvalue weighted by atomic mass is 10.1. The van der Waals surface area contributed by atoms with Crippen LogP contribution in [0.1, 0.15) is 5.56 Å². The molecule has 3 nitrogen and oxygen atoms in total. The van der Waals surface area contributed by atoms with Gasteiger partial charge in [0.2, 0.25) is 0 Å². The zero-order valence-electron chi connectivity index (χ0n) is 9.14. The third kappa shape index (κ3) is 2.96. The molecule has 0 fully saturated rings. The van der Waals surface area contributed by atoms with Gasteiger partial charge in [0.05, 0.1) is 0 Å². The second-order valence-electron chi connectivity index (χ2n) is 3.49. The second kappa shape index (κ2) is 5.66. The Morgan fingerprint density at radius 3 is 2.76 bits per heavy atom. The highest BCUT2D eigenvalue weighted by Crippen LogP contribution is 2.30.